The molecule has 2 heterocycles. The zero-order valence-electron chi connectivity index (χ0n) is 15.9. The van der Waals surface area contributed by atoms with E-state index in [1.165, 1.54) is 16.7 Å². The molecular weight excluding hydrogens is 502 g/mol. The Morgan fingerprint density at radius 2 is 2.00 bits per heavy atom. The zero-order valence-corrected chi connectivity index (χ0v) is 19.1. The molecule has 156 valence electrons. The zero-order chi connectivity index (χ0) is 21.8. The lowest BCUT2D eigenvalue weighted by molar-refractivity contribution is -0.122. The fourth-order valence-corrected chi connectivity index (χ4v) is 4.19. The van der Waals surface area contributed by atoms with Crippen LogP contribution < -0.4 is 0 Å². The minimum absolute atomic E-state index is 0.0767. The molecule has 0 unspecified atom stereocenters. The molecule has 6 nitrogen and oxygen atoms in total. The topological polar surface area (TPSA) is 78.4 Å². The van der Waals surface area contributed by atoms with Gasteiger partial charge in [0.1, 0.15) is 11.5 Å². The molecule has 31 heavy (non-hydrogen) atoms. The van der Waals surface area contributed by atoms with Gasteiger partial charge in [0, 0.05) is 15.1 Å². The third-order valence-electron chi connectivity index (χ3n) is 4.28. The van der Waals surface area contributed by atoms with Gasteiger partial charge in [0.2, 0.25) is 0 Å². The molecule has 1 N–H and O–H groups in total. The summed E-state index contributed by atoms with van der Waals surface area (Å²) in [5.41, 5.74) is 1.35. The third kappa shape index (κ3) is 5.28. The van der Waals surface area contributed by atoms with Crippen LogP contribution >= 0.6 is 39.3 Å². The molecular formula is C22H15BrClN3O3S. The Balaban J connectivity index is 1.64. The number of thioether (sulfide) groups is 1. The lowest BCUT2D eigenvalue weighted by atomic mass is 10.2. The van der Waals surface area contributed by atoms with E-state index in [2.05, 4.69) is 26.1 Å². The van der Waals surface area contributed by atoms with Gasteiger partial charge in [-0.2, -0.15) is 5.10 Å². The van der Waals surface area contributed by atoms with Gasteiger partial charge in [0.15, 0.2) is 5.17 Å². The summed E-state index contributed by atoms with van der Waals surface area (Å²) in [6, 6.07) is 15.7. The van der Waals surface area contributed by atoms with Crippen LogP contribution in [0.25, 0.3) is 6.08 Å². The van der Waals surface area contributed by atoms with Crippen LogP contribution in [0.5, 0.6) is 5.75 Å². The van der Waals surface area contributed by atoms with Gasteiger partial charge in [-0.15, -0.1) is 5.10 Å². The Hall–Kier alpha value is -2.81. The summed E-state index contributed by atoms with van der Waals surface area (Å²) in [5.74, 6) is 0.448. The smallest absolute Gasteiger partial charge is 0.267 e. The predicted octanol–water partition coefficient (Wildman–Crippen LogP) is 5.91. The molecule has 3 aromatic rings. The average Bonchev–Trinajstić information content (AvgIpc) is 3.36. The number of amides is 1. The summed E-state index contributed by atoms with van der Waals surface area (Å²) in [6.07, 6.45) is 4.77. The normalized spacial score (nSPS) is 16.8. The van der Waals surface area contributed by atoms with Crippen molar-refractivity contribution >= 4 is 62.7 Å². The highest BCUT2D eigenvalue weighted by molar-refractivity contribution is 9.10. The second-order valence-electron chi connectivity index (χ2n) is 6.46. The molecule has 1 aliphatic rings. The van der Waals surface area contributed by atoms with Crippen molar-refractivity contribution in [2.75, 3.05) is 0 Å². The molecule has 2 aromatic carbocycles. The summed E-state index contributed by atoms with van der Waals surface area (Å²) in [4.78, 5) is 15.0. The Kier molecular flexibility index (Phi) is 6.60. The first-order chi connectivity index (χ1) is 15.0. The molecule has 1 amide bonds. The van der Waals surface area contributed by atoms with Gasteiger partial charge in [0.25, 0.3) is 5.91 Å². The highest BCUT2D eigenvalue weighted by Gasteiger charge is 2.34. The van der Waals surface area contributed by atoms with E-state index >= 15 is 0 Å². The van der Waals surface area contributed by atoms with Crippen molar-refractivity contribution < 1.29 is 14.3 Å². The van der Waals surface area contributed by atoms with Crippen molar-refractivity contribution in [1.29, 1.82) is 0 Å². The predicted molar refractivity (Wildman–Crippen MR) is 127 cm³/mol. The van der Waals surface area contributed by atoms with Crippen LogP contribution in [0.3, 0.4) is 0 Å². The van der Waals surface area contributed by atoms with Crippen LogP contribution in [0, 0.1) is 0 Å². The largest absolute Gasteiger partial charge is 0.507 e. The molecule has 0 saturated carbocycles. The number of halogens is 2. The number of phenolic OH excluding ortho intramolecular Hbond substituents is 1. The van der Waals surface area contributed by atoms with E-state index < -0.39 is 0 Å². The monoisotopic (exact) mass is 515 g/mol. The first-order valence-corrected chi connectivity index (χ1v) is 11.1. The van der Waals surface area contributed by atoms with Crippen molar-refractivity contribution in [3.05, 3.63) is 92.1 Å². The standard InChI is InChI=1S/C22H15BrClN3O3S/c23-16-5-8-19(28)15(10-16)11-20-21(29)27(13-18-2-1-9-30-18)22(31-20)26-25-12-14-3-6-17(24)7-4-14/h1-12,28H,13H2/b20-11-,25-12-,26-22+. The second-order valence-corrected chi connectivity index (χ2v) is 8.82. The minimum Gasteiger partial charge on any atom is -0.507 e. The lowest BCUT2D eigenvalue weighted by Crippen LogP contribution is -2.28. The van der Waals surface area contributed by atoms with Gasteiger partial charge >= 0.3 is 0 Å². The summed E-state index contributed by atoms with van der Waals surface area (Å²) >= 11 is 10.5. The first kappa shape index (κ1) is 21.4. The molecule has 1 aliphatic heterocycles. The number of hydrogen-bond acceptors (Lipinski definition) is 6. The number of benzene rings is 2. The second kappa shape index (κ2) is 9.55. The fourth-order valence-electron chi connectivity index (χ4n) is 2.76. The van der Waals surface area contributed by atoms with Crippen LogP contribution in [-0.4, -0.2) is 27.3 Å². The number of nitrogens with zero attached hydrogens (tertiary/aromatic N) is 3. The Labute approximate surface area is 196 Å². The fraction of sp³-hybridized carbons (Fsp3) is 0.0455. The van der Waals surface area contributed by atoms with E-state index in [4.69, 9.17) is 16.0 Å². The van der Waals surface area contributed by atoms with Crippen molar-refractivity contribution in [3.8, 4) is 5.75 Å². The summed E-state index contributed by atoms with van der Waals surface area (Å²) < 4.78 is 6.18. The molecule has 1 saturated heterocycles. The van der Waals surface area contributed by atoms with Crippen LogP contribution in [0.1, 0.15) is 16.9 Å². The van der Waals surface area contributed by atoms with E-state index in [0.717, 1.165) is 10.0 Å². The number of carbonyl (C=O) groups is 1. The number of aromatic hydroxyl groups is 1. The maximum Gasteiger partial charge on any atom is 0.267 e. The molecule has 0 aliphatic carbocycles. The Morgan fingerprint density at radius 1 is 1.19 bits per heavy atom. The molecule has 9 heteroatoms. The Bertz CT molecular complexity index is 1190. The molecule has 0 atom stereocenters. The summed E-state index contributed by atoms with van der Waals surface area (Å²) in [5, 5.41) is 19.6. The number of hydrogen-bond donors (Lipinski definition) is 1. The molecule has 4 rings (SSSR count). The van der Waals surface area contributed by atoms with E-state index in [-0.39, 0.29) is 18.2 Å². The number of furan rings is 1. The van der Waals surface area contributed by atoms with E-state index in [0.29, 0.717) is 26.4 Å². The summed E-state index contributed by atoms with van der Waals surface area (Å²) in [7, 11) is 0. The van der Waals surface area contributed by atoms with Crippen LogP contribution in [0.2, 0.25) is 5.02 Å². The van der Waals surface area contributed by atoms with Gasteiger partial charge in [0.05, 0.1) is 23.9 Å². The van der Waals surface area contributed by atoms with Gasteiger partial charge in [-0.3, -0.25) is 9.69 Å². The van der Waals surface area contributed by atoms with Gasteiger partial charge < -0.3 is 9.52 Å². The van der Waals surface area contributed by atoms with Crippen molar-refractivity contribution in [2.24, 2.45) is 10.2 Å². The highest BCUT2D eigenvalue weighted by Crippen LogP contribution is 2.35. The molecule has 0 bridgehead atoms. The van der Waals surface area contributed by atoms with E-state index in [1.807, 2.05) is 12.1 Å². The van der Waals surface area contributed by atoms with E-state index in [9.17, 15) is 9.90 Å². The number of amidine groups is 1. The van der Waals surface area contributed by atoms with Crippen molar-refractivity contribution in [1.82, 2.24) is 4.90 Å². The maximum absolute atomic E-state index is 13.1. The lowest BCUT2D eigenvalue weighted by Gasteiger charge is -2.12. The van der Waals surface area contributed by atoms with E-state index in [1.54, 1.807) is 61.0 Å². The third-order valence-corrected chi connectivity index (χ3v) is 6.02. The number of carbonyl (C=O) groups excluding carboxylic acids is 1. The number of phenols is 1. The average molecular weight is 517 g/mol. The van der Waals surface area contributed by atoms with Gasteiger partial charge in [-0.05, 0) is 65.9 Å². The summed E-state index contributed by atoms with van der Waals surface area (Å²) in [6.45, 7) is 0.218. The van der Waals surface area contributed by atoms with Gasteiger partial charge in [-0.25, -0.2) is 0 Å². The highest BCUT2D eigenvalue weighted by atomic mass is 79.9. The Morgan fingerprint density at radius 3 is 2.74 bits per heavy atom. The van der Waals surface area contributed by atoms with Crippen molar-refractivity contribution in [3.63, 3.8) is 0 Å². The minimum atomic E-state index is -0.249. The molecule has 1 fully saturated rings. The van der Waals surface area contributed by atoms with Crippen LogP contribution in [0.4, 0.5) is 0 Å². The number of rotatable bonds is 5. The SMILES string of the molecule is O=C1/C(=C/c2cc(Br)ccc2O)S/C(=N/N=C\c2ccc(Cl)cc2)N1Cc1ccco1. The first-order valence-electron chi connectivity index (χ1n) is 9.08. The van der Waals surface area contributed by atoms with Crippen LogP contribution in [0.15, 0.2) is 84.9 Å². The van der Waals surface area contributed by atoms with Gasteiger partial charge in [-0.1, -0.05) is 39.7 Å². The maximum atomic E-state index is 13.1. The molecule has 1 aromatic heterocycles. The van der Waals surface area contributed by atoms with Crippen LogP contribution in [-0.2, 0) is 11.3 Å². The molecule has 0 spiro atoms. The molecule has 0 radical (unpaired) electrons. The quantitative estimate of drug-likeness (QED) is 0.260. The van der Waals surface area contributed by atoms with Crippen molar-refractivity contribution in [2.45, 2.75) is 6.54 Å².